The van der Waals surface area contributed by atoms with Crippen molar-refractivity contribution in [3.8, 4) is 0 Å². The number of halogens is 1. The normalized spacial score (nSPS) is 9.64. The van der Waals surface area contributed by atoms with Gasteiger partial charge in [0.05, 0.1) is 0 Å². The summed E-state index contributed by atoms with van der Waals surface area (Å²) in [6.07, 6.45) is 9.26. The lowest BCUT2D eigenvalue weighted by atomic mass is 10.2. The second kappa shape index (κ2) is 12.5. The molecule has 0 saturated heterocycles. The molecule has 0 heterocycles. The summed E-state index contributed by atoms with van der Waals surface area (Å²) in [6.45, 7) is 5.50. The lowest BCUT2D eigenvalue weighted by molar-refractivity contribution is 0.682. The van der Waals surface area contributed by atoms with Crippen LogP contribution in [0.4, 0.5) is 0 Å². The summed E-state index contributed by atoms with van der Waals surface area (Å²) in [6, 6.07) is 0. The van der Waals surface area contributed by atoms with E-state index in [1.165, 1.54) is 19.3 Å². The van der Waals surface area contributed by atoms with Crippen LogP contribution in [0.3, 0.4) is 0 Å². The molecule has 0 fully saturated rings. The topological polar surface area (TPSA) is 12.0 Å². The van der Waals surface area contributed by atoms with Gasteiger partial charge in [0.25, 0.3) is 0 Å². The van der Waals surface area contributed by atoms with Gasteiger partial charge in [-0.2, -0.15) is 0 Å². The molecule has 0 atom stereocenters. The second-order valence-corrected chi connectivity index (χ2v) is 2.47. The number of hydrogen-bond donors (Lipinski definition) is 1. The van der Waals surface area contributed by atoms with E-state index < -0.39 is 0 Å². The highest BCUT2D eigenvalue weighted by molar-refractivity contribution is 5.85. The van der Waals surface area contributed by atoms with Gasteiger partial charge in [-0.25, -0.2) is 0 Å². The Labute approximate surface area is 76.7 Å². The molecule has 0 saturated carbocycles. The predicted octanol–water partition coefficient (Wildman–Crippen LogP) is 3.11. The molecule has 0 bridgehead atoms. The fraction of sp³-hybridized carbons (Fsp3) is 0.778. The van der Waals surface area contributed by atoms with E-state index >= 15 is 0 Å². The molecule has 1 nitrogen and oxygen atoms in total. The first-order valence-electron chi connectivity index (χ1n) is 4.30. The van der Waals surface area contributed by atoms with Crippen LogP contribution in [0.25, 0.3) is 0 Å². The maximum atomic E-state index is 3.24. The largest absolute Gasteiger partial charge is 0.391 e. The maximum absolute atomic E-state index is 3.24. The zero-order valence-electron chi connectivity index (χ0n) is 7.60. The van der Waals surface area contributed by atoms with Gasteiger partial charge in [0.2, 0.25) is 0 Å². The molecule has 0 aliphatic carbocycles. The Bertz CT molecular complexity index is 81.6. The Morgan fingerprint density at radius 3 is 2.45 bits per heavy atom. The first kappa shape index (κ1) is 13.4. The third-order valence-electron chi connectivity index (χ3n) is 1.40. The smallest absolute Gasteiger partial charge is 0.0141 e. The number of unbranched alkanes of at least 4 members (excludes halogenated alkanes) is 2. The fourth-order valence-corrected chi connectivity index (χ4v) is 0.762. The highest BCUT2D eigenvalue weighted by atomic mass is 35.5. The molecule has 0 aromatic carbocycles. The van der Waals surface area contributed by atoms with Crippen LogP contribution in [0.2, 0.25) is 0 Å². The van der Waals surface area contributed by atoms with Crippen LogP contribution >= 0.6 is 12.4 Å². The molecule has 0 unspecified atom stereocenters. The highest BCUT2D eigenvalue weighted by Gasteiger charge is 1.80. The number of hydrogen-bond acceptors (Lipinski definition) is 1. The van der Waals surface area contributed by atoms with Crippen molar-refractivity contribution < 1.29 is 0 Å². The van der Waals surface area contributed by atoms with Gasteiger partial charge in [0, 0.05) is 6.54 Å². The van der Waals surface area contributed by atoms with Crippen molar-refractivity contribution in [2.45, 2.75) is 39.5 Å². The van der Waals surface area contributed by atoms with Gasteiger partial charge in [0.15, 0.2) is 0 Å². The predicted molar refractivity (Wildman–Crippen MR) is 54.2 cm³/mol. The van der Waals surface area contributed by atoms with E-state index in [1.807, 2.05) is 0 Å². The highest BCUT2D eigenvalue weighted by Crippen LogP contribution is 1.90. The van der Waals surface area contributed by atoms with Crippen LogP contribution in [0.15, 0.2) is 12.3 Å². The van der Waals surface area contributed by atoms with E-state index in [0.717, 1.165) is 13.0 Å². The van der Waals surface area contributed by atoms with Crippen molar-refractivity contribution in [2.24, 2.45) is 0 Å². The summed E-state index contributed by atoms with van der Waals surface area (Å²) in [5.74, 6) is 0. The molecular weight excluding hydrogens is 158 g/mol. The van der Waals surface area contributed by atoms with E-state index in [2.05, 4.69) is 31.4 Å². The molecule has 0 spiro atoms. The first-order valence-corrected chi connectivity index (χ1v) is 4.30. The summed E-state index contributed by atoms with van der Waals surface area (Å²) in [7, 11) is 0. The van der Waals surface area contributed by atoms with Crippen LogP contribution in [0.5, 0.6) is 0 Å². The van der Waals surface area contributed by atoms with Crippen molar-refractivity contribution in [3.05, 3.63) is 12.3 Å². The van der Waals surface area contributed by atoms with Crippen LogP contribution in [0, 0.1) is 0 Å². The van der Waals surface area contributed by atoms with Crippen LogP contribution in [-0.2, 0) is 0 Å². The quantitative estimate of drug-likeness (QED) is 0.615. The monoisotopic (exact) mass is 177 g/mol. The van der Waals surface area contributed by atoms with Gasteiger partial charge in [-0.3, -0.25) is 0 Å². The second-order valence-electron chi connectivity index (χ2n) is 2.47. The van der Waals surface area contributed by atoms with Crippen molar-refractivity contribution in [1.29, 1.82) is 0 Å². The molecule has 0 aliphatic rings. The van der Waals surface area contributed by atoms with E-state index in [0.29, 0.717) is 0 Å². The molecule has 0 aromatic rings. The minimum atomic E-state index is 0. The van der Waals surface area contributed by atoms with Gasteiger partial charge < -0.3 is 5.32 Å². The maximum Gasteiger partial charge on any atom is 0.0141 e. The molecular formula is C9H20ClN. The van der Waals surface area contributed by atoms with Gasteiger partial charge >= 0.3 is 0 Å². The molecule has 68 valence electrons. The van der Waals surface area contributed by atoms with Crippen molar-refractivity contribution in [2.75, 3.05) is 6.54 Å². The minimum absolute atomic E-state index is 0. The van der Waals surface area contributed by atoms with Gasteiger partial charge in [0.1, 0.15) is 0 Å². The Balaban J connectivity index is 0. The zero-order chi connectivity index (χ0) is 7.66. The first-order chi connectivity index (χ1) is 4.91. The van der Waals surface area contributed by atoms with Crippen molar-refractivity contribution in [1.82, 2.24) is 5.32 Å². The van der Waals surface area contributed by atoms with E-state index in [9.17, 15) is 0 Å². The molecule has 11 heavy (non-hydrogen) atoms. The molecule has 1 N–H and O–H groups in total. The van der Waals surface area contributed by atoms with Crippen LogP contribution in [0.1, 0.15) is 39.5 Å². The fourth-order valence-electron chi connectivity index (χ4n) is 0.762. The Morgan fingerprint density at radius 1 is 1.18 bits per heavy atom. The molecule has 0 rings (SSSR count). The van der Waals surface area contributed by atoms with Gasteiger partial charge in [-0.05, 0) is 19.0 Å². The zero-order valence-corrected chi connectivity index (χ0v) is 8.41. The van der Waals surface area contributed by atoms with E-state index in [4.69, 9.17) is 0 Å². The third kappa shape index (κ3) is 12.9. The third-order valence-corrected chi connectivity index (χ3v) is 1.40. The minimum Gasteiger partial charge on any atom is -0.391 e. The molecule has 2 heteroatoms. The van der Waals surface area contributed by atoms with Gasteiger partial charge in [-0.15, -0.1) is 12.4 Å². The molecule has 0 amide bonds. The summed E-state index contributed by atoms with van der Waals surface area (Å²) < 4.78 is 0. The number of allylic oxidation sites excluding steroid dienone is 1. The average molecular weight is 178 g/mol. The summed E-state index contributed by atoms with van der Waals surface area (Å²) >= 11 is 0. The van der Waals surface area contributed by atoms with Crippen LogP contribution in [-0.4, -0.2) is 6.54 Å². The Kier molecular flexibility index (Phi) is 15.3. The lowest BCUT2D eigenvalue weighted by Crippen LogP contribution is -2.05. The lowest BCUT2D eigenvalue weighted by Gasteiger charge is -1.97. The number of nitrogens with one attached hydrogen (secondary N) is 1. The SMILES string of the molecule is CC/C=C/NCCCCC.Cl. The summed E-state index contributed by atoms with van der Waals surface area (Å²) in [4.78, 5) is 0. The molecule has 0 radical (unpaired) electrons. The van der Waals surface area contributed by atoms with E-state index in [-0.39, 0.29) is 12.4 Å². The summed E-state index contributed by atoms with van der Waals surface area (Å²) in [5, 5.41) is 3.24. The summed E-state index contributed by atoms with van der Waals surface area (Å²) in [5.41, 5.74) is 0. The molecule has 0 aliphatic heterocycles. The average Bonchev–Trinajstić information content (AvgIpc) is 1.97. The van der Waals surface area contributed by atoms with E-state index in [1.54, 1.807) is 0 Å². The Hall–Kier alpha value is -0.170. The number of rotatable bonds is 6. The molecule has 0 aromatic heterocycles. The van der Waals surface area contributed by atoms with Gasteiger partial charge in [-0.1, -0.05) is 32.8 Å². The van der Waals surface area contributed by atoms with Crippen LogP contribution < -0.4 is 5.32 Å². The van der Waals surface area contributed by atoms with Crippen molar-refractivity contribution >= 4 is 12.4 Å². The van der Waals surface area contributed by atoms with Crippen molar-refractivity contribution in [3.63, 3.8) is 0 Å². The Morgan fingerprint density at radius 2 is 1.91 bits per heavy atom. The standard InChI is InChI=1S/C9H19N.ClH/c1-3-5-7-9-10-8-6-4-2;/h6,8,10H,3-5,7,9H2,1-2H3;1H/b8-6+;.